The number of nitrogens with two attached hydrogens (primary N) is 1. The van der Waals surface area contributed by atoms with E-state index >= 15 is 0 Å². The lowest BCUT2D eigenvalue weighted by atomic mass is 10.1. The first-order valence-corrected chi connectivity index (χ1v) is 8.03. The summed E-state index contributed by atoms with van der Waals surface area (Å²) < 4.78 is 1.39. The van der Waals surface area contributed by atoms with Gasteiger partial charge in [0.25, 0.3) is 5.56 Å². The molecule has 2 aromatic rings. The van der Waals surface area contributed by atoms with Crippen LogP contribution in [0.25, 0.3) is 0 Å². The summed E-state index contributed by atoms with van der Waals surface area (Å²) in [4.78, 5) is 28.4. The molecule has 0 saturated heterocycles. The minimum atomic E-state index is -0.490. The monoisotopic (exact) mass is 331 g/mol. The van der Waals surface area contributed by atoms with Crippen molar-refractivity contribution in [3.63, 3.8) is 0 Å². The minimum Gasteiger partial charge on any atom is -0.383 e. The van der Waals surface area contributed by atoms with Crippen LogP contribution in [0.15, 0.2) is 39.9 Å². The fourth-order valence-corrected chi connectivity index (χ4v) is 2.68. The van der Waals surface area contributed by atoms with E-state index in [0.29, 0.717) is 13.1 Å². The predicted molar refractivity (Wildman–Crippen MR) is 97.4 cm³/mol. The molecule has 0 saturated carbocycles. The van der Waals surface area contributed by atoms with Crippen LogP contribution in [0.3, 0.4) is 0 Å². The topological polar surface area (TPSA) is 96.2 Å². The summed E-state index contributed by atoms with van der Waals surface area (Å²) in [6.07, 6.45) is 0.750. The molecule has 1 atom stereocenters. The van der Waals surface area contributed by atoms with E-state index in [1.165, 1.54) is 4.57 Å². The molecule has 7 nitrogen and oxygen atoms in total. The van der Waals surface area contributed by atoms with Gasteiger partial charge in [0.15, 0.2) is 0 Å². The highest BCUT2D eigenvalue weighted by Crippen LogP contribution is 2.19. The highest BCUT2D eigenvalue weighted by atomic mass is 16.2. The van der Waals surface area contributed by atoms with Crippen LogP contribution >= 0.6 is 0 Å². The Morgan fingerprint density at radius 1 is 1.25 bits per heavy atom. The maximum absolute atomic E-state index is 12.1. The third kappa shape index (κ3) is 3.86. The average molecular weight is 331 g/mol. The zero-order valence-corrected chi connectivity index (χ0v) is 14.4. The maximum Gasteiger partial charge on any atom is 0.330 e. The first-order chi connectivity index (χ1) is 11.5. The number of rotatable bonds is 7. The van der Waals surface area contributed by atoms with Gasteiger partial charge in [-0.3, -0.25) is 14.3 Å². The molecule has 7 heteroatoms. The lowest BCUT2D eigenvalue weighted by Crippen LogP contribution is -2.35. The third-order valence-corrected chi connectivity index (χ3v) is 3.97. The van der Waals surface area contributed by atoms with Gasteiger partial charge in [0.2, 0.25) is 0 Å². The number of nitrogens with zero attached hydrogens (tertiary/aromatic N) is 2. The number of nitrogens with one attached hydrogen (secondary N) is 2. The minimum absolute atomic E-state index is 0.0663. The smallest absolute Gasteiger partial charge is 0.330 e. The predicted octanol–water partition coefficient (Wildman–Crippen LogP) is 1.24. The Bertz CT molecular complexity index is 780. The lowest BCUT2D eigenvalue weighted by molar-refractivity contribution is 0.312. The van der Waals surface area contributed by atoms with E-state index in [4.69, 9.17) is 5.73 Å². The number of H-pyrrole nitrogens is 1. The first kappa shape index (κ1) is 17.8. The number of benzene rings is 1. The number of aromatic nitrogens is 2. The maximum atomic E-state index is 12.1. The largest absolute Gasteiger partial charge is 0.383 e. The van der Waals surface area contributed by atoms with Crippen molar-refractivity contribution in [1.82, 2.24) is 14.5 Å². The molecular weight excluding hydrogens is 306 g/mol. The van der Waals surface area contributed by atoms with Gasteiger partial charge < -0.3 is 16.0 Å². The van der Waals surface area contributed by atoms with Crippen LogP contribution in [0.2, 0.25) is 0 Å². The van der Waals surface area contributed by atoms with Crippen LogP contribution in [0.5, 0.6) is 0 Å². The molecule has 1 aromatic carbocycles. The van der Waals surface area contributed by atoms with Gasteiger partial charge in [0.1, 0.15) is 11.5 Å². The summed E-state index contributed by atoms with van der Waals surface area (Å²) >= 11 is 0. The van der Waals surface area contributed by atoms with Crippen molar-refractivity contribution in [3.8, 4) is 0 Å². The molecule has 0 spiro atoms. The summed E-state index contributed by atoms with van der Waals surface area (Å²) in [5.74, 6) is 0.177. The molecular formula is C17H25N5O2. The number of aromatic amines is 1. The van der Waals surface area contributed by atoms with Crippen molar-refractivity contribution < 1.29 is 0 Å². The summed E-state index contributed by atoms with van der Waals surface area (Å²) in [7, 11) is 3.95. The molecule has 24 heavy (non-hydrogen) atoms. The molecule has 0 aliphatic rings. The Morgan fingerprint density at radius 3 is 2.50 bits per heavy atom. The zero-order chi connectivity index (χ0) is 17.7. The Morgan fingerprint density at radius 2 is 1.92 bits per heavy atom. The average Bonchev–Trinajstić information content (AvgIpc) is 2.55. The molecule has 0 bridgehead atoms. The molecule has 0 aliphatic carbocycles. The summed E-state index contributed by atoms with van der Waals surface area (Å²) in [5, 5.41) is 3.12. The van der Waals surface area contributed by atoms with E-state index in [9.17, 15) is 9.59 Å². The van der Waals surface area contributed by atoms with Crippen LogP contribution < -0.4 is 22.3 Å². The highest BCUT2D eigenvalue weighted by Gasteiger charge is 2.17. The van der Waals surface area contributed by atoms with Crippen LogP contribution in [0.1, 0.15) is 24.9 Å². The molecule has 1 aromatic heterocycles. The van der Waals surface area contributed by atoms with Crippen molar-refractivity contribution in [2.75, 3.05) is 31.7 Å². The van der Waals surface area contributed by atoms with Gasteiger partial charge in [0.05, 0.1) is 6.04 Å². The Balaban J connectivity index is 2.29. The fraction of sp³-hybridized carbons (Fsp3) is 0.412. The quantitative estimate of drug-likeness (QED) is 0.709. The van der Waals surface area contributed by atoms with Crippen molar-refractivity contribution in [1.29, 1.82) is 0 Å². The van der Waals surface area contributed by atoms with Crippen molar-refractivity contribution in [2.45, 2.75) is 25.9 Å². The lowest BCUT2D eigenvalue weighted by Gasteiger charge is -2.26. The van der Waals surface area contributed by atoms with E-state index in [2.05, 4.69) is 15.2 Å². The second kappa shape index (κ2) is 7.83. The molecule has 1 heterocycles. The fourth-order valence-electron chi connectivity index (χ4n) is 2.68. The van der Waals surface area contributed by atoms with E-state index in [1.807, 2.05) is 51.4 Å². The van der Waals surface area contributed by atoms with Crippen LogP contribution in [-0.4, -0.2) is 35.1 Å². The molecule has 0 amide bonds. The molecule has 0 unspecified atom stereocenters. The molecule has 130 valence electrons. The second-order valence-electron chi connectivity index (χ2n) is 5.94. The standard InChI is InChI=1S/C17H25N5O2/c1-4-10-22-15(18)14(16(23)20-17(22)24)19-11-13(21(2)3)12-8-6-5-7-9-12/h5-9,13,19H,4,10-11,18H2,1-3H3,(H,20,23,24)/t13-/m0/s1. The van der Waals surface area contributed by atoms with Gasteiger partial charge in [-0.15, -0.1) is 0 Å². The Hall–Kier alpha value is -2.54. The summed E-state index contributed by atoms with van der Waals surface area (Å²) in [6, 6.07) is 10.1. The molecule has 0 radical (unpaired) electrons. The van der Waals surface area contributed by atoms with Crippen molar-refractivity contribution >= 4 is 11.5 Å². The Kier molecular flexibility index (Phi) is 5.81. The van der Waals surface area contributed by atoms with Gasteiger partial charge in [-0.1, -0.05) is 37.3 Å². The van der Waals surface area contributed by atoms with Crippen LogP contribution in [-0.2, 0) is 6.54 Å². The molecule has 0 aliphatic heterocycles. The van der Waals surface area contributed by atoms with E-state index in [1.54, 1.807) is 0 Å². The van der Waals surface area contributed by atoms with Crippen LogP contribution in [0.4, 0.5) is 11.5 Å². The first-order valence-electron chi connectivity index (χ1n) is 8.03. The van der Waals surface area contributed by atoms with Crippen LogP contribution in [0, 0.1) is 0 Å². The third-order valence-electron chi connectivity index (χ3n) is 3.97. The summed E-state index contributed by atoms with van der Waals surface area (Å²) in [5.41, 5.74) is 6.45. The van der Waals surface area contributed by atoms with E-state index in [0.717, 1.165) is 12.0 Å². The zero-order valence-electron chi connectivity index (χ0n) is 14.4. The highest BCUT2D eigenvalue weighted by molar-refractivity contribution is 5.60. The van der Waals surface area contributed by atoms with Gasteiger partial charge >= 0.3 is 5.69 Å². The van der Waals surface area contributed by atoms with Crippen molar-refractivity contribution in [2.24, 2.45) is 0 Å². The SMILES string of the molecule is CCCn1c(N)c(NC[C@@H](c2ccccc2)N(C)C)c(=O)[nH]c1=O. The van der Waals surface area contributed by atoms with E-state index in [-0.39, 0.29) is 17.5 Å². The normalized spacial score (nSPS) is 12.3. The van der Waals surface area contributed by atoms with Gasteiger partial charge in [-0.05, 0) is 26.1 Å². The van der Waals surface area contributed by atoms with E-state index < -0.39 is 11.2 Å². The molecule has 4 N–H and O–H groups in total. The second-order valence-corrected chi connectivity index (χ2v) is 5.94. The number of hydrogen-bond acceptors (Lipinski definition) is 5. The van der Waals surface area contributed by atoms with Crippen molar-refractivity contribution in [3.05, 3.63) is 56.7 Å². The summed E-state index contributed by atoms with van der Waals surface area (Å²) in [6.45, 7) is 2.90. The van der Waals surface area contributed by atoms with Gasteiger partial charge in [0, 0.05) is 13.1 Å². The molecule has 0 fully saturated rings. The number of nitrogen functional groups attached to an aromatic ring is 1. The number of hydrogen-bond donors (Lipinski definition) is 3. The number of anilines is 2. The van der Waals surface area contributed by atoms with Gasteiger partial charge in [-0.2, -0.15) is 0 Å². The number of likely N-dealkylation sites (N-methyl/N-ethyl adjacent to an activating group) is 1. The molecule has 2 rings (SSSR count). The van der Waals surface area contributed by atoms with Gasteiger partial charge in [-0.25, -0.2) is 4.79 Å². The Labute approximate surface area is 141 Å².